The van der Waals surface area contributed by atoms with Crippen LogP contribution in [-0.4, -0.2) is 8.41 Å². The predicted molar refractivity (Wildman–Crippen MR) is 52.4 cm³/mol. The zero-order chi connectivity index (χ0) is 6.81. The summed E-state index contributed by atoms with van der Waals surface area (Å²) in [4.78, 5) is 0. The number of hydrogen-bond acceptors (Lipinski definition) is 1. The molecule has 0 amide bonds. The van der Waals surface area contributed by atoms with Crippen LogP contribution >= 0.6 is 0 Å². The van der Waals surface area contributed by atoms with E-state index >= 15 is 0 Å². The van der Waals surface area contributed by atoms with Crippen LogP contribution in [0.15, 0.2) is 36.6 Å². The Morgan fingerprint density at radius 2 is 1.79 bits per heavy atom. The first-order chi connectivity index (χ1) is 4.97. The van der Waals surface area contributed by atoms with Gasteiger partial charge in [0.2, 0.25) is 0 Å². The van der Waals surface area contributed by atoms with Gasteiger partial charge in [-0.1, -0.05) is 25.6 Å². The van der Waals surface area contributed by atoms with Gasteiger partial charge in [-0.2, -0.15) is 0 Å². The summed E-state index contributed by atoms with van der Waals surface area (Å²) >= 11 is 0. The molecule has 1 aliphatic rings. The van der Waals surface area contributed by atoms with Crippen molar-refractivity contribution in [3.63, 3.8) is 0 Å². The number of hydrogen-bond donors (Lipinski definition) is 0. The second kappa shape index (κ2) is 9.40. The van der Waals surface area contributed by atoms with Gasteiger partial charge in [0.05, 0.1) is 6.26 Å². The van der Waals surface area contributed by atoms with E-state index in [-0.39, 0.29) is 49.4 Å². The van der Waals surface area contributed by atoms with Gasteiger partial charge in [0.1, 0.15) is 5.75 Å². The number of rotatable bonds is 0. The number of para-hydroxylation sites is 1. The minimum atomic E-state index is 0. The quantitative estimate of drug-likeness (QED) is 0.660. The summed E-state index contributed by atoms with van der Waals surface area (Å²) in [6.45, 7) is 0. The zero-order valence-corrected chi connectivity index (χ0v) is 8.92. The molecule has 0 unspecified atom stereocenters. The summed E-state index contributed by atoms with van der Waals surface area (Å²) in [6.07, 6.45) is 4.75. The van der Waals surface area contributed by atoms with Crippen LogP contribution in [0.1, 0.15) is 13.0 Å². The number of fused-ring (bicyclic) bond motifs is 1. The van der Waals surface area contributed by atoms with Crippen LogP contribution in [0.2, 0.25) is 0 Å². The third-order valence-electron chi connectivity index (χ3n) is 1.60. The standard InChI is InChI=1S/C9H8O.CH4.B.Fe.Ni/c1-2-6-9-8(4-1)5-3-7-10-9;;;;/h1-4,6-7H,5H2;1H4;;;. The first-order valence-corrected chi connectivity index (χ1v) is 3.36. The topological polar surface area (TPSA) is 9.23 Å². The molecule has 0 saturated heterocycles. The Balaban J connectivity index is -0.000000302. The van der Waals surface area contributed by atoms with E-state index in [0.29, 0.717) is 0 Å². The smallest absolute Gasteiger partial charge is 0.130 e. The summed E-state index contributed by atoms with van der Waals surface area (Å²) in [6, 6.07) is 8.08. The molecule has 1 aliphatic heterocycles. The summed E-state index contributed by atoms with van der Waals surface area (Å²) < 4.78 is 5.24. The Kier molecular flexibility index (Phi) is 13.0. The van der Waals surface area contributed by atoms with Gasteiger partial charge in [0.15, 0.2) is 0 Å². The van der Waals surface area contributed by atoms with E-state index in [9.17, 15) is 0 Å². The third kappa shape index (κ3) is 4.37. The fourth-order valence-corrected chi connectivity index (χ4v) is 1.08. The number of ether oxygens (including phenoxy) is 1. The van der Waals surface area contributed by atoms with E-state index in [4.69, 9.17) is 4.74 Å². The molecule has 0 aliphatic carbocycles. The molecule has 2 rings (SSSR count). The van der Waals surface area contributed by atoms with Gasteiger partial charge in [-0.25, -0.2) is 0 Å². The van der Waals surface area contributed by atoms with Crippen molar-refractivity contribution in [3.8, 4) is 5.75 Å². The molecule has 4 heteroatoms. The van der Waals surface area contributed by atoms with Crippen LogP contribution in [-0.2, 0) is 40.0 Å². The Morgan fingerprint density at radius 1 is 1.14 bits per heavy atom. The predicted octanol–water partition coefficient (Wildman–Crippen LogP) is 2.39. The molecular weight excluding hydrogens is 261 g/mol. The van der Waals surface area contributed by atoms with Crippen LogP contribution in [0.4, 0.5) is 0 Å². The van der Waals surface area contributed by atoms with Gasteiger partial charge in [0, 0.05) is 42.0 Å². The number of benzene rings is 1. The molecule has 3 radical (unpaired) electrons. The monoisotopic (exact) mass is 273 g/mol. The van der Waals surface area contributed by atoms with Crippen molar-refractivity contribution in [1.82, 2.24) is 0 Å². The van der Waals surface area contributed by atoms with Crippen molar-refractivity contribution in [2.45, 2.75) is 13.8 Å². The Bertz CT molecular complexity index is 252. The van der Waals surface area contributed by atoms with E-state index < -0.39 is 0 Å². The van der Waals surface area contributed by atoms with Gasteiger partial charge in [0.25, 0.3) is 0 Å². The van der Waals surface area contributed by atoms with Crippen LogP contribution in [0, 0.1) is 0 Å². The van der Waals surface area contributed by atoms with E-state index in [2.05, 4.69) is 6.07 Å². The molecular formula is C10H12BFeNiO. The largest absolute Gasteiger partial charge is 0.465 e. The first-order valence-electron chi connectivity index (χ1n) is 3.36. The van der Waals surface area contributed by atoms with Crippen molar-refractivity contribution < 1.29 is 38.3 Å². The molecule has 0 atom stereocenters. The molecule has 0 aromatic heterocycles. The molecule has 14 heavy (non-hydrogen) atoms. The molecule has 1 heterocycles. The summed E-state index contributed by atoms with van der Waals surface area (Å²) in [7, 11) is 0. The first kappa shape index (κ1) is 19.4. The maximum Gasteiger partial charge on any atom is 0.130 e. The van der Waals surface area contributed by atoms with Gasteiger partial charge in [-0.3, -0.25) is 0 Å². The van der Waals surface area contributed by atoms with E-state index in [0.717, 1.165) is 12.2 Å². The van der Waals surface area contributed by atoms with Gasteiger partial charge in [-0.05, 0) is 24.1 Å². The summed E-state index contributed by atoms with van der Waals surface area (Å²) in [5.41, 5.74) is 1.27. The Morgan fingerprint density at radius 3 is 2.43 bits per heavy atom. The average molecular weight is 274 g/mol. The van der Waals surface area contributed by atoms with Gasteiger partial charge >= 0.3 is 0 Å². The fourth-order valence-electron chi connectivity index (χ4n) is 1.08. The minimum absolute atomic E-state index is 0. The van der Waals surface area contributed by atoms with Crippen molar-refractivity contribution in [3.05, 3.63) is 42.2 Å². The van der Waals surface area contributed by atoms with E-state index in [1.165, 1.54) is 5.56 Å². The van der Waals surface area contributed by atoms with Gasteiger partial charge in [-0.15, -0.1) is 0 Å². The Hall–Kier alpha value is -0.162. The molecule has 0 N–H and O–H groups in total. The summed E-state index contributed by atoms with van der Waals surface area (Å²) in [5, 5.41) is 0. The molecule has 0 fully saturated rings. The zero-order valence-electron chi connectivity index (χ0n) is 6.83. The third-order valence-corrected chi connectivity index (χ3v) is 1.60. The van der Waals surface area contributed by atoms with Crippen molar-refractivity contribution in [1.29, 1.82) is 0 Å². The SMILES string of the molecule is C.C1=COc2ccccc2C1.[B].[Fe].[Ni]. The molecule has 79 valence electrons. The molecule has 0 bridgehead atoms. The van der Waals surface area contributed by atoms with E-state index in [1.807, 2.05) is 24.3 Å². The van der Waals surface area contributed by atoms with Crippen molar-refractivity contribution in [2.24, 2.45) is 0 Å². The molecule has 0 saturated carbocycles. The van der Waals surface area contributed by atoms with E-state index in [1.54, 1.807) is 6.26 Å². The normalized spacial score (nSPS) is 10.0. The molecule has 1 aromatic carbocycles. The van der Waals surface area contributed by atoms with Crippen molar-refractivity contribution in [2.75, 3.05) is 0 Å². The second-order valence-corrected chi connectivity index (χ2v) is 2.30. The van der Waals surface area contributed by atoms with Crippen LogP contribution < -0.4 is 4.74 Å². The second-order valence-electron chi connectivity index (χ2n) is 2.30. The van der Waals surface area contributed by atoms with Crippen LogP contribution in [0.25, 0.3) is 0 Å². The maximum atomic E-state index is 5.24. The molecule has 1 aromatic rings. The Labute approximate surface area is 108 Å². The maximum absolute atomic E-state index is 5.24. The number of allylic oxidation sites excluding steroid dienone is 1. The van der Waals surface area contributed by atoms with Crippen molar-refractivity contribution >= 4 is 8.41 Å². The van der Waals surface area contributed by atoms with Gasteiger partial charge < -0.3 is 4.74 Å². The molecule has 0 spiro atoms. The average Bonchev–Trinajstić information content (AvgIpc) is 2.05. The summed E-state index contributed by atoms with van der Waals surface area (Å²) in [5.74, 6) is 0.991. The minimum Gasteiger partial charge on any atom is -0.465 e. The van der Waals surface area contributed by atoms with Crippen LogP contribution in [0.3, 0.4) is 0 Å². The van der Waals surface area contributed by atoms with Crippen LogP contribution in [0.5, 0.6) is 5.75 Å². The fraction of sp³-hybridized carbons (Fsp3) is 0.200. The molecule has 1 nitrogen and oxygen atoms in total.